The Bertz CT molecular complexity index is 1560. The number of hydrogen-bond acceptors (Lipinski definition) is 5. The fourth-order valence-corrected chi connectivity index (χ4v) is 4.72. The standard InChI is InChI=1S/C24H16ClFN2O3S/c1-30-20-11-15(10-17(25)22(20)31-13-14-6-8-16(26)9-7-14)12-21-23(29)28-19-5-3-2-4-18(19)27-24(28)32-21/h2-12H,13H2,1H3/b21-12-. The van der Waals surface area contributed by atoms with E-state index in [1.165, 1.54) is 30.6 Å². The fraction of sp³-hybridized carbons (Fsp3) is 0.0833. The molecule has 5 rings (SSSR count). The van der Waals surface area contributed by atoms with E-state index in [-0.39, 0.29) is 18.0 Å². The Morgan fingerprint density at radius 2 is 1.94 bits per heavy atom. The molecule has 0 aliphatic heterocycles. The van der Waals surface area contributed by atoms with Crippen molar-refractivity contribution >= 4 is 45.0 Å². The first-order chi connectivity index (χ1) is 15.5. The monoisotopic (exact) mass is 466 g/mol. The number of ether oxygens (including phenoxy) is 2. The lowest BCUT2D eigenvalue weighted by Crippen LogP contribution is -2.22. The molecule has 2 heterocycles. The summed E-state index contributed by atoms with van der Waals surface area (Å²) in [4.78, 5) is 18.2. The number of aromatic nitrogens is 2. The first-order valence-corrected chi connectivity index (χ1v) is 10.9. The summed E-state index contributed by atoms with van der Waals surface area (Å²) in [5, 5.41) is 0.344. The molecule has 32 heavy (non-hydrogen) atoms. The summed E-state index contributed by atoms with van der Waals surface area (Å²) in [5.41, 5.74) is 2.93. The molecule has 0 unspecified atom stereocenters. The van der Waals surface area contributed by atoms with E-state index in [0.717, 1.165) is 16.6 Å². The largest absolute Gasteiger partial charge is 0.493 e. The lowest BCUT2D eigenvalue weighted by molar-refractivity contribution is 0.284. The molecular formula is C24H16ClFN2O3S. The van der Waals surface area contributed by atoms with Gasteiger partial charge in [-0.1, -0.05) is 47.2 Å². The molecular weight excluding hydrogens is 451 g/mol. The number of imidazole rings is 1. The highest BCUT2D eigenvalue weighted by molar-refractivity contribution is 7.15. The highest BCUT2D eigenvalue weighted by atomic mass is 35.5. The van der Waals surface area contributed by atoms with Gasteiger partial charge in [-0.15, -0.1) is 0 Å². The molecule has 0 radical (unpaired) electrons. The molecule has 0 saturated carbocycles. The van der Waals surface area contributed by atoms with Gasteiger partial charge < -0.3 is 9.47 Å². The van der Waals surface area contributed by atoms with Gasteiger partial charge in [0.25, 0.3) is 5.56 Å². The lowest BCUT2D eigenvalue weighted by Gasteiger charge is -2.13. The Morgan fingerprint density at radius 1 is 1.16 bits per heavy atom. The quantitative estimate of drug-likeness (QED) is 0.372. The van der Waals surface area contributed by atoms with Crippen LogP contribution < -0.4 is 19.6 Å². The van der Waals surface area contributed by atoms with E-state index in [2.05, 4.69) is 4.98 Å². The SMILES string of the molecule is COc1cc(/C=c2\sc3nc4ccccc4n3c2=O)cc(Cl)c1OCc1ccc(F)cc1. The predicted molar refractivity (Wildman–Crippen MR) is 124 cm³/mol. The minimum atomic E-state index is -0.309. The van der Waals surface area contributed by atoms with Crippen LogP contribution in [0.5, 0.6) is 11.5 Å². The summed E-state index contributed by atoms with van der Waals surface area (Å²) in [6, 6.07) is 17.0. The van der Waals surface area contributed by atoms with Crippen molar-refractivity contribution in [1.29, 1.82) is 0 Å². The second-order valence-corrected chi connectivity index (χ2v) is 8.50. The number of para-hydroxylation sites is 2. The van der Waals surface area contributed by atoms with Gasteiger partial charge >= 0.3 is 0 Å². The van der Waals surface area contributed by atoms with Crippen molar-refractivity contribution in [3.8, 4) is 11.5 Å². The number of fused-ring (bicyclic) bond motifs is 3. The van der Waals surface area contributed by atoms with Crippen LogP contribution in [0.3, 0.4) is 0 Å². The van der Waals surface area contributed by atoms with Crippen molar-refractivity contribution in [1.82, 2.24) is 9.38 Å². The van der Waals surface area contributed by atoms with Crippen LogP contribution in [0.2, 0.25) is 5.02 Å². The number of nitrogens with zero attached hydrogens (tertiary/aromatic N) is 2. The predicted octanol–water partition coefficient (Wildman–Crippen LogP) is 4.84. The van der Waals surface area contributed by atoms with Crippen molar-refractivity contribution in [3.05, 3.63) is 97.5 Å². The van der Waals surface area contributed by atoms with Gasteiger partial charge in [-0.3, -0.25) is 4.79 Å². The van der Waals surface area contributed by atoms with Gasteiger partial charge in [0, 0.05) is 0 Å². The summed E-state index contributed by atoms with van der Waals surface area (Å²) in [6.45, 7) is 0.208. The summed E-state index contributed by atoms with van der Waals surface area (Å²) in [5.74, 6) is 0.506. The number of thiazole rings is 1. The highest BCUT2D eigenvalue weighted by Gasteiger charge is 2.14. The summed E-state index contributed by atoms with van der Waals surface area (Å²) >= 11 is 7.78. The van der Waals surface area contributed by atoms with Gasteiger partial charge in [0.05, 0.1) is 27.7 Å². The maximum atomic E-state index is 13.1. The van der Waals surface area contributed by atoms with Crippen LogP contribution in [0.1, 0.15) is 11.1 Å². The molecule has 5 nitrogen and oxygen atoms in total. The molecule has 0 spiro atoms. The van der Waals surface area contributed by atoms with Crippen LogP contribution in [0.4, 0.5) is 4.39 Å². The molecule has 2 aromatic heterocycles. The van der Waals surface area contributed by atoms with E-state index in [1.54, 1.807) is 34.7 Å². The van der Waals surface area contributed by atoms with Crippen molar-refractivity contribution in [2.24, 2.45) is 0 Å². The topological polar surface area (TPSA) is 52.8 Å². The summed E-state index contributed by atoms with van der Waals surface area (Å²) < 4.78 is 26.5. The van der Waals surface area contributed by atoms with Crippen LogP contribution in [0.25, 0.3) is 22.1 Å². The maximum absolute atomic E-state index is 13.1. The molecule has 0 bridgehead atoms. The number of rotatable bonds is 5. The number of halogens is 2. The van der Waals surface area contributed by atoms with Gasteiger partial charge in [-0.05, 0) is 53.6 Å². The van der Waals surface area contributed by atoms with Gasteiger partial charge in [-0.25, -0.2) is 13.8 Å². The Morgan fingerprint density at radius 3 is 2.72 bits per heavy atom. The van der Waals surface area contributed by atoms with Crippen molar-refractivity contribution in [2.75, 3.05) is 7.11 Å². The van der Waals surface area contributed by atoms with E-state index in [1.807, 2.05) is 24.3 Å². The molecule has 5 aromatic rings. The van der Waals surface area contributed by atoms with Crippen LogP contribution >= 0.6 is 22.9 Å². The number of methoxy groups -OCH3 is 1. The van der Waals surface area contributed by atoms with Gasteiger partial charge in [0.2, 0.25) is 0 Å². The van der Waals surface area contributed by atoms with Crippen LogP contribution in [0, 0.1) is 5.82 Å². The third-order valence-electron chi connectivity index (χ3n) is 4.99. The third-order valence-corrected chi connectivity index (χ3v) is 6.24. The molecule has 0 atom stereocenters. The first kappa shape index (κ1) is 20.5. The molecule has 3 aromatic carbocycles. The van der Waals surface area contributed by atoms with E-state index in [0.29, 0.717) is 31.6 Å². The minimum Gasteiger partial charge on any atom is -0.493 e. The molecule has 0 saturated heterocycles. The lowest BCUT2D eigenvalue weighted by atomic mass is 10.2. The van der Waals surface area contributed by atoms with Gasteiger partial charge in [-0.2, -0.15) is 0 Å². The zero-order valence-electron chi connectivity index (χ0n) is 16.8. The Hall–Kier alpha value is -3.42. The molecule has 0 aliphatic carbocycles. The van der Waals surface area contributed by atoms with Crippen molar-refractivity contribution in [3.63, 3.8) is 0 Å². The summed E-state index contributed by atoms with van der Waals surface area (Å²) in [7, 11) is 1.52. The number of hydrogen-bond donors (Lipinski definition) is 0. The average molecular weight is 467 g/mol. The Labute approximate surface area is 190 Å². The average Bonchev–Trinajstić information content (AvgIpc) is 3.30. The van der Waals surface area contributed by atoms with E-state index < -0.39 is 0 Å². The first-order valence-electron chi connectivity index (χ1n) is 9.70. The molecule has 8 heteroatoms. The fourth-order valence-electron chi connectivity index (χ4n) is 3.46. The second-order valence-electron chi connectivity index (χ2n) is 7.08. The van der Waals surface area contributed by atoms with E-state index in [9.17, 15) is 9.18 Å². The third kappa shape index (κ3) is 3.70. The van der Waals surface area contributed by atoms with Crippen LogP contribution in [-0.4, -0.2) is 16.5 Å². The maximum Gasteiger partial charge on any atom is 0.274 e. The van der Waals surface area contributed by atoms with Crippen molar-refractivity contribution < 1.29 is 13.9 Å². The van der Waals surface area contributed by atoms with Gasteiger partial charge in [0.1, 0.15) is 12.4 Å². The highest BCUT2D eigenvalue weighted by Crippen LogP contribution is 2.37. The number of benzene rings is 3. The Kier molecular flexibility index (Phi) is 5.28. The molecule has 0 N–H and O–H groups in total. The van der Waals surface area contributed by atoms with E-state index >= 15 is 0 Å². The second kappa shape index (κ2) is 8.26. The van der Waals surface area contributed by atoms with Crippen LogP contribution in [-0.2, 0) is 6.61 Å². The van der Waals surface area contributed by atoms with Crippen molar-refractivity contribution in [2.45, 2.75) is 6.61 Å². The zero-order chi connectivity index (χ0) is 22.2. The van der Waals surface area contributed by atoms with E-state index in [4.69, 9.17) is 21.1 Å². The zero-order valence-corrected chi connectivity index (χ0v) is 18.4. The van der Waals surface area contributed by atoms with Crippen LogP contribution in [0.15, 0.2) is 65.5 Å². The van der Waals surface area contributed by atoms with Gasteiger partial charge in [0.15, 0.2) is 16.5 Å². The smallest absolute Gasteiger partial charge is 0.274 e. The molecule has 160 valence electrons. The molecule has 0 aliphatic rings. The molecule has 0 fully saturated rings. The normalized spacial score (nSPS) is 12.0. The summed E-state index contributed by atoms with van der Waals surface area (Å²) in [6.07, 6.45) is 1.76. The molecule has 0 amide bonds. The Balaban J connectivity index is 1.51. The minimum absolute atomic E-state index is 0.134.